The summed E-state index contributed by atoms with van der Waals surface area (Å²) in [6.45, 7) is 5.31. The van der Waals surface area contributed by atoms with Gasteiger partial charge in [-0.15, -0.1) is 0 Å². The minimum Gasteiger partial charge on any atom is -0.491 e. The Balaban J connectivity index is 1.46. The number of esters is 1. The van der Waals surface area contributed by atoms with Gasteiger partial charge in [0.25, 0.3) is 0 Å². The highest BCUT2D eigenvalue weighted by atomic mass is 35.5. The van der Waals surface area contributed by atoms with Crippen LogP contribution in [0.5, 0.6) is 5.75 Å². The van der Waals surface area contributed by atoms with Crippen molar-refractivity contribution in [3.8, 4) is 5.75 Å². The van der Waals surface area contributed by atoms with E-state index >= 15 is 0 Å². The van der Waals surface area contributed by atoms with E-state index in [0.29, 0.717) is 30.1 Å². The highest BCUT2D eigenvalue weighted by Crippen LogP contribution is 2.44. The van der Waals surface area contributed by atoms with Gasteiger partial charge in [-0.1, -0.05) is 37.1 Å². The molecule has 2 aromatic rings. The Morgan fingerprint density at radius 2 is 2.05 bits per heavy atom. The molecule has 206 valence electrons. The van der Waals surface area contributed by atoms with Crippen LogP contribution in [0, 0.1) is 11.8 Å². The zero-order valence-electron chi connectivity index (χ0n) is 22.5. The maximum Gasteiger partial charge on any atom is 0.339 e. The van der Waals surface area contributed by atoms with Crippen LogP contribution in [0.4, 0.5) is 5.69 Å². The average Bonchev–Trinajstić information content (AvgIpc) is 3.10. The molecule has 5 unspecified atom stereocenters. The molecule has 1 saturated carbocycles. The predicted molar refractivity (Wildman–Crippen MR) is 149 cm³/mol. The smallest absolute Gasteiger partial charge is 0.339 e. The van der Waals surface area contributed by atoms with E-state index in [-0.39, 0.29) is 5.92 Å². The van der Waals surface area contributed by atoms with Gasteiger partial charge < -0.3 is 24.2 Å². The predicted octanol–water partition coefficient (Wildman–Crippen LogP) is 6.08. The minimum atomic E-state index is -1.33. The fourth-order valence-corrected chi connectivity index (χ4v) is 6.64. The summed E-state index contributed by atoms with van der Waals surface area (Å²) in [6.07, 6.45) is 7.03. The maximum atomic E-state index is 12.1. The Bertz CT molecular complexity index is 1120. The molecule has 1 aliphatic carbocycles. The molecule has 1 N–H and O–H groups in total. The van der Waals surface area contributed by atoms with Gasteiger partial charge >= 0.3 is 5.97 Å². The van der Waals surface area contributed by atoms with Crippen LogP contribution in [0.3, 0.4) is 0 Å². The van der Waals surface area contributed by atoms with Crippen LogP contribution in [0.15, 0.2) is 36.4 Å². The van der Waals surface area contributed by atoms with Gasteiger partial charge in [0.15, 0.2) is 6.10 Å². The number of halogens is 1. The zero-order valence-corrected chi connectivity index (χ0v) is 23.3. The second-order valence-electron chi connectivity index (χ2n) is 11.1. The first-order chi connectivity index (χ1) is 18.5. The van der Waals surface area contributed by atoms with E-state index in [2.05, 4.69) is 24.0 Å². The van der Waals surface area contributed by atoms with Gasteiger partial charge in [-0.3, -0.25) is 0 Å². The molecule has 2 heterocycles. The number of aryl methyl sites for hydroxylation is 1. The molecule has 0 radical (unpaired) electrons. The number of fused-ring (bicyclic) bond motifs is 1. The van der Waals surface area contributed by atoms with Crippen molar-refractivity contribution in [3.05, 3.63) is 58.1 Å². The number of methoxy groups -OCH3 is 1. The minimum absolute atomic E-state index is 0.166. The number of carbonyl (C=O) groups is 1. The number of carbonyl (C=O) groups excluding carboxylic acids is 1. The van der Waals surface area contributed by atoms with E-state index in [9.17, 15) is 9.90 Å². The van der Waals surface area contributed by atoms with Crippen LogP contribution in [0.2, 0.25) is 5.02 Å². The monoisotopic (exact) mass is 541 g/mol. The summed E-state index contributed by atoms with van der Waals surface area (Å²) in [5, 5.41) is 11.3. The van der Waals surface area contributed by atoms with Crippen molar-refractivity contribution in [2.24, 2.45) is 11.8 Å². The summed E-state index contributed by atoms with van der Waals surface area (Å²) in [6, 6.07) is 11.8. The molecule has 3 aliphatic rings. The Kier molecular flexibility index (Phi) is 8.81. The summed E-state index contributed by atoms with van der Waals surface area (Å²) < 4.78 is 17.4. The van der Waals surface area contributed by atoms with E-state index in [0.717, 1.165) is 55.4 Å². The van der Waals surface area contributed by atoms with E-state index in [1.807, 2.05) is 18.2 Å². The van der Waals surface area contributed by atoms with Crippen molar-refractivity contribution in [1.29, 1.82) is 0 Å². The molecule has 2 aromatic carbocycles. The summed E-state index contributed by atoms with van der Waals surface area (Å²) in [5.74, 6) is 1.40. The normalized spacial score (nSPS) is 25.9. The van der Waals surface area contributed by atoms with Gasteiger partial charge in [-0.05, 0) is 91.3 Å². The third kappa shape index (κ3) is 5.83. The van der Waals surface area contributed by atoms with Gasteiger partial charge in [0, 0.05) is 30.6 Å². The number of nitrogens with zero attached hydrogens (tertiary/aromatic N) is 1. The Morgan fingerprint density at radius 3 is 2.76 bits per heavy atom. The Morgan fingerprint density at radius 1 is 1.18 bits per heavy atom. The van der Waals surface area contributed by atoms with Crippen molar-refractivity contribution in [1.82, 2.24) is 0 Å². The van der Waals surface area contributed by atoms with E-state index in [1.165, 1.54) is 43.9 Å². The first-order valence-electron chi connectivity index (χ1n) is 14.2. The lowest BCUT2D eigenvalue weighted by Gasteiger charge is -2.45. The number of benzene rings is 2. The number of rotatable bonds is 8. The van der Waals surface area contributed by atoms with Crippen molar-refractivity contribution in [3.63, 3.8) is 0 Å². The van der Waals surface area contributed by atoms with E-state index < -0.39 is 12.1 Å². The first-order valence-corrected chi connectivity index (χ1v) is 14.5. The lowest BCUT2D eigenvalue weighted by Crippen LogP contribution is -2.45. The van der Waals surface area contributed by atoms with Gasteiger partial charge in [0.2, 0.25) is 0 Å². The lowest BCUT2D eigenvalue weighted by atomic mass is 9.69. The maximum absolute atomic E-state index is 12.1. The molecule has 6 nitrogen and oxygen atoms in total. The molecule has 38 heavy (non-hydrogen) atoms. The number of hydrogen-bond acceptors (Lipinski definition) is 6. The molecular formula is C31H40ClNO5. The summed E-state index contributed by atoms with van der Waals surface area (Å²) in [4.78, 5) is 14.5. The van der Waals surface area contributed by atoms with Crippen LogP contribution < -0.4 is 9.64 Å². The molecule has 0 bridgehead atoms. The van der Waals surface area contributed by atoms with Crippen LogP contribution in [0.1, 0.15) is 74.2 Å². The Hall–Kier alpha value is -2.28. The van der Waals surface area contributed by atoms with Crippen LogP contribution in [-0.4, -0.2) is 50.6 Å². The van der Waals surface area contributed by atoms with Crippen molar-refractivity contribution < 1.29 is 24.1 Å². The van der Waals surface area contributed by atoms with Gasteiger partial charge in [-0.25, -0.2) is 4.79 Å². The molecule has 0 spiro atoms. The number of anilines is 1. The number of ether oxygens (including phenoxy) is 3. The molecule has 0 aromatic heterocycles. The summed E-state index contributed by atoms with van der Waals surface area (Å²) in [5.41, 5.74) is 4.00. The third-order valence-electron chi connectivity index (χ3n) is 8.63. The standard InChI is InChI=1S/C31H40ClNO5/c1-3-6-20-15-24(32)10-12-25(20)23-18-33(17-22-8-11-26(22)28-7-4-5-14-37-28)27-16-21(30(34)31(35)36-2)9-13-29(27)38-19-23/h9-10,12-13,15-16,22-23,26,28,30,34H,3-8,11,14,17-19H2,1-2H3. The Labute approximate surface area is 231 Å². The molecule has 7 heteroatoms. The fourth-order valence-electron chi connectivity index (χ4n) is 6.45. The van der Waals surface area contributed by atoms with E-state index in [4.69, 9.17) is 25.8 Å². The van der Waals surface area contributed by atoms with Crippen molar-refractivity contribution >= 4 is 23.3 Å². The second kappa shape index (κ2) is 12.3. The van der Waals surface area contributed by atoms with Crippen LogP contribution in [-0.2, 0) is 20.7 Å². The molecule has 5 rings (SSSR count). The van der Waals surface area contributed by atoms with Gasteiger partial charge in [-0.2, -0.15) is 0 Å². The van der Waals surface area contributed by atoms with Gasteiger partial charge in [0.1, 0.15) is 5.75 Å². The molecule has 1 saturated heterocycles. The number of hydrogen-bond donors (Lipinski definition) is 1. The lowest BCUT2D eigenvalue weighted by molar-refractivity contribution is -0.150. The second-order valence-corrected chi connectivity index (χ2v) is 11.5. The molecule has 0 amide bonds. The third-order valence-corrected chi connectivity index (χ3v) is 8.87. The molecule has 5 atom stereocenters. The first kappa shape index (κ1) is 27.3. The molecule has 2 aliphatic heterocycles. The van der Waals surface area contributed by atoms with Crippen molar-refractivity contribution in [2.75, 3.05) is 38.3 Å². The average molecular weight is 542 g/mol. The summed E-state index contributed by atoms with van der Waals surface area (Å²) >= 11 is 6.38. The molecule has 2 fully saturated rings. The molecular weight excluding hydrogens is 502 g/mol. The highest BCUT2D eigenvalue weighted by molar-refractivity contribution is 6.30. The topological polar surface area (TPSA) is 68.2 Å². The number of aliphatic hydroxyl groups is 1. The van der Waals surface area contributed by atoms with Gasteiger partial charge in [0.05, 0.1) is 25.5 Å². The number of aliphatic hydroxyl groups excluding tert-OH is 1. The van der Waals surface area contributed by atoms with Crippen molar-refractivity contribution in [2.45, 2.75) is 70.0 Å². The zero-order chi connectivity index (χ0) is 26.6. The highest BCUT2D eigenvalue weighted by Gasteiger charge is 2.40. The quantitative estimate of drug-likeness (QED) is 0.409. The van der Waals surface area contributed by atoms with E-state index in [1.54, 1.807) is 6.07 Å². The largest absolute Gasteiger partial charge is 0.491 e. The van der Waals surface area contributed by atoms with Crippen LogP contribution in [0.25, 0.3) is 0 Å². The summed E-state index contributed by atoms with van der Waals surface area (Å²) in [7, 11) is 1.29. The van der Waals surface area contributed by atoms with Crippen LogP contribution >= 0.6 is 11.6 Å². The SMILES string of the molecule is CCCc1cc(Cl)ccc1C1COc2ccc(C(O)C(=O)OC)cc2N(CC2CCC2C2CCCCO2)C1. The fraction of sp³-hybridized carbons (Fsp3) is 0.581.